The lowest BCUT2D eigenvalue weighted by Crippen LogP contribution is -3.14. The number of amides is 2. The van der Waals surface area contributed by atoms with Gasteiger partial charge in [-0.3, -0.25) is 14.4 Å². The summed E-state index contributed by atoms with van der Waals surface area (Å²) in [5.74, 6) is -0.914. The van der Waals surface area contributed by atoms with E-state index in [1.54, 1.807) is 12.1 Å². The molecule has 1 heterocycles. The number of rotatable bonds is 8. The van der Waals surface area contributed by atoms with Crippen molar-refractivity contribution in [3.63, 3.8) is 0 Å². The molecule has 1 fully saturated rings. The molecule has 0 aliphatic carbocycles. The first kappa shape index (κ1) is 21.8. The zero-order chi connectivity index (χ0) is 20.5. The van der Waals surface area contributed by atoms with E-state index in [2.05, 4.69) is 5.32 Å². The largest absolute Gasteiger partial charge is 0.469 e. The van der Waals surface area contributed by atoms with Gasteiger partial charge in [0.25, 0.3) is 5.91 Å². The number of ether oxygens (including phenoxy) is 1. The molecule has 28 heavy (non-hydrogen) atoms. The van der Waals surface area contributed by atoms with E-state index < -0.39 is 0 Å². The van der Waals surface area contributed by atoms with Crippen LogP contribution in [0.1, 0.15) is 25.3 Å². The Kier molecular flexibility index (Phi) is 8.38. The summed E-state index contributed by atoms with van der Waals surface area (Å²) < 4.78 is 17.7. The van der Waals surface area contributed by atoms with Crippen LogP contribution in [0.4, 0.5) is 4.39 Å². The lowest BCUT2D eigenvalue weighted by Gasteiger charge is -2.29. The number of halogens is 1. The van der Waals surface area contributed by atoms with Crippen molar-refractivity contribution in [2.75, 3.05) is 39.8 Å². The number of nitrogens with zero attached hydrogens (tertiary/aromatic N) is 1. The van der Waals surface area contributed by atoms with E-state index in [1.807, 2.05) is 6.92 Å². The highest BCUT2D eigenvalue weighted by atomic mass is 19.1. The maximum atomic E-state index is 12.9. The smallest absolute Gasteiger partial charge is 0.309 e. The van der Waals surface area contributed by atoms with Crippen LogP contribution in [0.2, 0.25) is 0 Å². The molecule has 0 radical (unpaired) electrons. The molecule has 2 N–H and O–H groups in total. The Morgan fingerprint density at radius 1 is 1.21 bits per heavy atom. The van der Waals surface area contributed by atoms with Gasteiger partial charge in [-0.15, -0.1) is 0 Å². The lowest BCUT2D eigenvalue weighted by molar-refractivity contribution is -0.898. The maximum Gasteiger partial charge on any atom is 0.309 e. The number of quaternary nitrogens is 1. The topological polar surface area (TPSA) is 80.2 Å². The molecular weight excluding hydrogens is 365 g/mol. The number of likely N-dealkylation sites (tertiary alicyclic amines) is 1. The molecule has 2 amide bonds. The highest BCUT2D eigenvalue weighted by Crippen LogP contribution is 2.10. The lowest BCUT2D eigenvalue weighted by atomic mass is 9.97. The number of nitrogens with one attached hydrogen (secondary N) is 2. The molecule has 0 aromatic heterocycles. The van der Waals surface area contributed by atoms with Crippen molar-refractivity contribution in [1.29, 1.82) is 0 Å². The molecule has 0 spiro atoms. The number of esters is 1. The number of hydrogen-bond donors (Lipinski definition) is 2. The van der Waals surface area contributed by atoms with Crippen molar-refractivity contribution in [3.05, 3.63) is 35.6 Å². The fourth-order valence-corrected chi connectivity index (χ4v) is 3.34. The second-order valence-electron chi connectivity index (χ2n) is 7.04. The Hall–Kier alpha value is -2.48. The number of carbonyl (C=O) groups excluding carboxylic acids is 3. The van der Waals surface area contributed by atoms with E-state index >= 15 is 0 Å². The van der Waals surface area contributed by atoms with E-state index in [-0.39, 0.29) is 42.6 Å². The van der Waals surface area contributed by atoms with Crippen LogP contribution in [0.15, 0.2) is 24.3 Å². The zero-order valence-electron chi connectivity index (χ0n) is 16.5. The monoisotopic (exact) mass is 394 g/mol. The Morgan fingerprint density at radius 2 is 1.86 bits per heavy atom. The number of likely N-dealkylation sites (N-methyl/N-ethyl adjacent to an activating group) is 1. The highest BCUT2D eigenvalue weighted by molar-refractivity contribution is 5.85. The predicted octanol–water partition coefficient (Wildman–Crippen LogP) is -0.242. The Bertz CT molecular complexity index is 673. The van der Waals surface area contributed by atoms with Crippen molar-refractivity contribution in [2.45, 2.75) is 26.3 Å². The minimum absolute atomic E-state index is 0.00536. The summed E-state index contributed by atoms with van der Waals surface area (Å²) in [4.78, 5) is 38.9. The summed E-state index contributed by atoms with van der Waals surface area (Å²) in [6.07, 6.45) is 1.42. The van der Waals surface area contributed by atoms with Crippen LogP contribution in [0.5, 0.6) is 0 Å². The molecule has 154 valence electrons. The third-order valence-corrected chi connectivity index (χ3v) is 5.10. The molecule has 0 atom stereocenters. The second-order valence-corrected chi connectivity index (χ2v) is 7.04. The summed E-state index contributed by atoms with van der Waals surface area (Å²) in [5.41, 5.74) is 0.794. The fraction of sp³-hybridized carbons (Fsp3) is 0.550. The number of carbonyl (C=O) groups is 3. The summed E-state index contributed by atoms with van der Waals surface area (Å²) >= 11 is 0. The first-order chi connectivity index (χ1) is 13.4. The normalized spacial score (nSPS) is 19.0. The van der Waals surface area contributed by atoms with Crippen LogP contribution < -0.4 is 10.2 Å². The van der Waals surface area contributed by atoms with Gasteiger partial charge in [0.2, 0.25) is 5.91 Å². The quantitative estimate of drug-likeness (QED) is 0.597. The van der Waals surface area contributed by atoms with Crippen LogP contribution in [-0.4, -0.2) is 62.5 Å². The van der Waals surface area contributed by atoms with Gasteiger partial charge in [-0.2, -0.15) is 0 Å². The minimum atomic E-state index is -0.323. The van der Waals surface area contributed by atoms with Gasteiger partial charge in [-0.25, -0.2) is 4.39 Å². The van der Waals surface area contributed by atoms with Gasteiger partial charge in [0.15, 0.2) is 6.54 Å². The summed E-state index contributed by atoms with van der Waals surface area (Å²) in [5, 5.41) is 2.75. The van der Waals surface area contributed by atoms with Crippen molar-refractivity contribution >= 4 is 17.8 Å². The van der Waals surface area contributed by atoms with Gasteiger partial charge < -0.3 is 19.9 Å². The molecule has 1 aromatic carbocycles. The summed E-state index contributed by atoms with van der Waals surface area (Å²) in [6.45, 7) is 4.35. The maximum absolute atomic E-state index is 12.9. The van der Waals surface area contributed by atoms with E-state index in [0.29, 0.717) is 25.9 Å². The number of hydrogen-bond acceptors (Lipinski definition) is 4. The molecule has 0 bridgehead atoms. The van der Waals surface area contributed by atoms with Gasteiger partial charge in [-0.1, -0.05) is 12.1 Å². The molecule has 2 rings (SSSR count). The first-order valence-electron chi connectivity index (χ1n) is 9.63. The number of benzene rings is 1. The van der Waals surface area contributed by atoms with E-state index in [4.69, 9.17) is 4.74 Å². The Morgan fingerprint density at radius 3 is 2.43 bits per heavy atom. The van der Waals surface area contributed by atoms with Gasteiger partial charge in [0.1, 0.15) is 5.82 Å². The van der Waals surface area contributed by atoms with Gasteiger partial charge >= 0.3 is 5.97 Å². The first-order valence-corrected chi connectivity index (χ1v) is 9.63. The molecule has 7 nitrogen and oxygen atoms in total. The second kappa shape index (κ2) is 10.8. The standard InChI is InChI=1S/C20H28FN3O4/c1-3-24(13-18(25)22-12-15-4-6-17(21)7-5-15)19(26)14-23-10-8-16(9-11-23)20(27)28-2/h4-7,16H,3,8-14H2,1-2H3,(H,22,25)/p+1. The highest BCUT2D eigenvalue weighted by Gasteiger charge is 2.30. The molecule has 0 unspecified atom stereocenters. The van der Waals surface area contributed by atoms with Gasteiger partial charge in [0.05, 0.1) is 32.7 Å². The van der Waals surface area contributed by atoms with Crippen molar-refractivity contribution in [3.8, 4) is 0 Å². The molecule has 1 aliphatic heterocycles. The predicted molar refractivity (Wildman–Crippen MR) is 101 cm³/mol. The summed E-state index contributed by atoms with van der Waals surface area (Å²) in [7, 11) is 1.39. The van der Waals surface area contributed by atoms with Crippen LogP contribution in [0.3, 0.4) is 0 Å². The van der Waals surface area contributed by atoms with Gasteiger partial charge in [0, 0.05) is 25.9 Å². The SMILES string of the molecule is CCN(CC(=O)NCc1ccc(F)cc1)C(=O)C[NH+]1CCC(C(=O)OC)CC1. The third kappa shape index (κ3) is 6.60. The zero-order valence-corrected chi connectivity index (χ0v) is 16.5. The van der Waals surface area contributed by atoms with E-state index in [1.165, 1.54) is 24.1 Å². The molecule has 1 aromatic rings. The third-order valence-electron chi connectivity index (χ3n) is 5.10. The average Bonchev–Trinajstić information content (AvgIpc) is 2.71. The van der Waals surface area contributed by atoms with Crippen molar-refractivity contribution in [1.82, 2.24) is 10.2 Å². The van der Waals surface area contributed by atoms with Crippen LogP contribution in [-0.2, 0) is 25.7 Å². The summed E-state index contributed by atoms with van der Waals surface area (Å²) in [6, 6.07) is 5.91. The minimum Gasteiger partial charge on any atom is -0.469 e. The number of methoxy groups -OCH3 is 1. The van der Waals surface area contributed by atoms with Crippen LogP contribution in [0.25, 0.3) is 0 Å². The molecule has 0 saturated carbocycles. The molecular formula is C20H29FN3O4+. The molecule has 1 aliphatic rings. The van der Waals surface area contributed by atoms with Crippen LogP contribution in [0, 0.1) is 11.7 Å². The fourth-order valence-electron chi connectivity index (χ4n) is 3.34. The average molecular weight is 394 g/mol. The molecule has 8 heteroatoms. The van der Waals surface area contributed by atoms with Gasteiger partial charge in [-0.05, 0) is 24.6 Å². The van der Waals surface area contributed by atoms with E-state index in [0.717, 1.165) is 23.6 Å². The van der Waals surface area contributed by atoms with Crippen molar-refractivity contribution in [2.24, 2.45) is 5.92 Å². The Balaban J connectivity index is 1.75. The Labute approximate surface area is 164 Å². The molecule has 1 saturated heterocycles. The van der Waals surface area contributed by atoms with E-state index in [9.17, 15) is 18.8 Å². The number of piperidine rings is 1. The van der Waals surface area contributed by atoms with Crippen LogP contribution >= 0.6 is 0 Å². The van der Waals surface area contributed by atoms with Crippen molar-refractivity contribution < 1.29 is 28.4 Å².